The van der Waals surface area contributed by atoms with Gasteiger partial charge in [-0.05, 0) is 31.7 Å². The van der Waals surface area contributed by atoms with Crippen LogP contribution in [0.5, 0.6) is 0 Å². The highest BCUT2D eigenvalue weighted by molar-refractivity contribution is 6.30. The van der Waals surface area contributed by atoms with Gasteiger partial charge >= 0.3 is 0 Å². The van der Waals surface area contributed by atoms with E-state index < -0.39 is 5.82 Å². The topological polar surface area (TPSA) is 65.1 Å². The normalized spacial score (nSPS) is 21.9. The second-order valence-corrected chi connectivity index (χ2v) is 7.81. The van der Waals surface area contributed by atoms with E-state index in [-0.39, 0.29) is 16.0 Å². The van der Waals surface area contributed by atoms with E-state index in [1.165, 1.54) is 12.3 Å². The standard InChI is InChI=1S/C18H21ClFN5O/c1-24(2)17-22-14-12(16(26)23-17)4-6-18(14)5-3-7-25(10-18)15-13(20)8-11(19)9-21-15/h8-9H,3-7,10H2,1-2H3,(H,22,23,26). The van der Waals surface area contributed by atoms with Crippen molar-refractivity contribution >= 4 is 23.4 Å². The van der Waals surface area contributed by atoms with Crippen LogP contribution in [0.2, 0.25) is 5.02 Å². The average Bonchev–Trinajstić information content (AvgIpc) is 2.93. The molecule has 138 valence electrons. The van der Waals surface area contributed by atoms with Gasteiger partial charge in [-0.1, -0.05) is 11.6 Å². The van der Waals surface area contributed by atoms with Crippen LogP contribution in [0.15, 0.2) is 17.1 Å². The summed E-state index contributed by atoms with van der Waals surface area (Å²) in [4.78, 5) is 28.1. The molecule has 4 rings (SSSR count). The Morgan fingerprint density at radius 2 is 2.19 bits per heavy atom. The predicted octanol–water partition coefficient (Wildman–Crippen LogP) is 2.51. The van der Waals surface area contributed by atoms with Crippen LogP contribution in [0.3, 0.4) is 0 Å². The Bertz CT molecular complexity index is 915. The number of hydrogen-bond acceptors (Lipinski definition) is 5. The van der Waals surface area contributed by atoms with Gasteiger partial charge in [-0.3, -0.25) is 9.78 Å². The third-order valence-corrected chi connectivity index (χ3v) is 5.65. The molecule has 0 bridgehead atoms. The van der Waals surface area contributed by atoms with Crippen molar-refractivity contribution in [2.45, 2.75) is 31.1 Å². The van der Waals surface area contributed by atoms with Crippen molar-refractivity contribution in [2.24, 2.45) is 0 Å². The third kappa shape index (κ3) is 2.74. The van der Waals surface area contributed by atoms with E-state index in [1.54, 1.807) is 4.90 Å². The van der Waals surface area contributed by atoms with Crippen LogP contribution >= 0.6 is 11.6 Å². The van der Waals surface area contributed by atoms with E-state index in [0.717, 1.165) is 37.1 Å². The Labute approximate surface area is 156 Å². The highest BCUT2D eigenvalue weighted by Gasteiger charge is 2.45. The summed E-state index contributed by atoms with van der Waals surface area (Å²) in [6.45, 7) is 1.33. The van der Waals surface area contributed by atoms with E-state index in [2.05, 4.69) is 9.97 Å². The highest BCUT2D eigenvalue weighted by atomic mass is 35.5. The molecule has 1 atom stereocenters. The number of nitrogens with zero attached hydrogens (tertiary/aromatic N) is 4. The summed E-state index contributed by atoms with van der Waals surface area (Å²) in [6, 6.07) is 1.29. The van der Waals surface area contributed by atoms with Gasteiger partial charge in [-0.2, -0.15) is 0 Å². The molecule has 2 aromatic rings. The number of anilines is 2. The van der Waals surface area contributed by atoms with Gasteiger partial charge in [0.1, 0.15) is 0 Å². The minimum atomic E-state index is -0.416. The molecule has 1 saturated heterocycles. The van der Waals surface area contributed by atoms with Crippen LogP contribution in [-0.2, 0) is 11.8 Å². The quantitative estimate of drug-likeness (QED) is 0.871. The number of hydrogen-bond donors (Lipinski definition) is 1. The summed E-state index contributed by atoms with van der Waals surface area (Å²) in [5.74, 6) is 0.461. The van der Waals surface area contributed by atoms with Crippen LogP contribution in [-0.4, -0.2) is 42.1 Å². The molecule has 2 aromatic heterocycles. The molecule has 0 radical (unpaired) electrons. The number of aromatic nitrogens is 3. The summed E-state index contributed by atoms with van der Waals surface area (Å²) < 4.78 is 14.4. The van der Waals surface area contributed by atoms with Crippen molar-refractivity contribution < 1.29 is 4.39 Å². The monoisotopic (exact) mass is 377 g/mol. The van der Waals surface area contributed by atoms with Gasteiger partial charge in [0.05, 0.1) is 10.7 Å². The van der Waals surface area contributed by atoms with Gasteiger partial charge in [0.25, 0.3) is 5.56 Å². The first-order valence-electron chi connectivity index (χ1n) is 8.77. The fraction of sp³-hybridized carbons (Fsp3) is 0.500. The van der Waals surface area contributed by atoms with E-state index in [1.807, 2.05) is 19.0 Å². The lowest BCUT2D eigenvalue weighted by atomic mass is 9.77. The number of halogens is 2. The zero-order valence-electron chi connectivity index (χ0n) is 14.9. The fourth-order valence-corrected chi connectivity index (χ4v) is 4.35. The second kappa shape index (κ2) is 6.23. The maximum Gasteiger partial charge on any atom is 0.255 e. The molecule has 1 spiro atoms. The van der Waals surface area contributed by atoms with Crippen molar-refractivity contribution in [2.75, 3.05) is 37.0 Å². The number of piperidine rings is 1. The molecule has 0 saturated carbocycles. The summed E-state index contributed by atoms with van der Waals surface area (Å²) in [7, 11) is 3.71. The minimum absolute atomic E-state index is 0.0662. The number of rotatable bonds is 2. The third-order valence-electron chi connectivity index (χ3n) is 5.45. The van der Waals surface area contributed by atoms with Crippen molar-refractivity contribution in [3.05, 3.63) is 44.7 Å². The summed E-state index contributed by atoms with van der Waals surface area (Å²) in [5, 5.41) is 0.285. The Balaban J connectivity index is 1.74. The highest BCUT2D eigenvalue weighted by Crippen LogP contribution is 2.44. The molecule has 1 N–H and O–H groups in total. The predicted molar refractivity (Wildman–Crippen MR) is 99.8 cm³/mol. The molecule has 2 aliphatic rings. The average molecular weight is 378 g/mol. The van der Waals surface area contributed by atoms with Crippen LogP contribution in [0.1, 0.15) is 30.5 Å². The van der Waals surface area contributed by atoms with E-state index >= 15 is 0 Å². The number of H-pyrrole nitrogens is 1. The van der Waals surface area contributed by atoms with E-state index in [4.69, 9.17) is 16.6 Å². The lowest BCUT2D eigenvalue weighted by Crippen LogP contribution is -2.46. The first kappa shape index (κ1) is 17.3. The number of nitrogens with one attached hydrogen (secondary N) is 1. The Morgan fingerprint density at radius 1 is 1.38 bits per heavy atom. The number of aromatic amines is 1. The van der Waals surface area contributed by atoms with Crippen molar-refractivity contribution in [3.8, 4) is 0 Å². The van der Waals surface area contributed by atoms with Gasteiger partial charge < -0.3 is 9.80 Å². The smallest absolute Gasteiger partial charge is 0.255 e. The zero-order chi connectivity index (χ0) is 18.5. The molecule has 1 unspecified atom stereocenters. The summed E-state index contributed by atoms with van der Waals surface area (Å²) in [5.41, 5.74) is 1.33. The molecular formula is C18H21ClFN5O. The molecule has 8 heteroatoms. The van der Waals surface area contributed by atoms with Gasteiger partial charge in [-0.15, -0.1) is 0 Å². The van der Waals surface area contributed by atoms with Crippen molar-refractivity contribution in [1.82, 2.24) is 15.0 Å². The van der Waals surface area contributed by atoms with Crippen LogP contribution < -0.4 is 15.4 Å². The van der Waals surface area contributed by atoms with Crippen LogP contribution in [0, 0.1) is 5.82 Å². The lowest BCUT2D eigenvalue weighted by molar-refractivity contribution is 0.331. The molecule has 1 fully saturated rings. The first-order valence-corrected chi connectivity index (χ1v) is 9.14. The maximum absolute atomic E-state index is 14.4. The van der Waals surface area contributed by atoms with Crippen LogP contribution in [0.4, 0.5) is 16.2 Å². The molecule has 1 aliphatic heterocycles. The molecule has 6 nitrogen and oxygen atoms in total. The Hall–Kier alpha value is -2.15. The van der Waals surface area contributed by atoms with Crippen molar-refractivity contribution in [3.63, 3.8) is 0 Å². The van der Waals surface area contributed by atoms with E-state index in [0.29, 0.717) is 24.7 Å². The fourth-order valence-electron chi connectivity index (χ4n) is 4.20. The second-order valence-electron chi connectivity index (χ2n) is 7.38. The minimum Gasteiger partial charge on any atom is -0.353 e. The lowest BCUT2D eigenvalue weighted by Gasteiger charge is -2.41. The van der Waals surface area contributed by atoms with Gasteiger partial charge in [0, 0.05) is 44.4 Å². The Morgan fingerprint density at radius 3 is 2.92 bits per heavy atom. The number of pyridine rings is 1. The van der Waals surface area contributed by atoms with Gasteiger partial charge in [0.15, 0.2) is 11.6 Å². The van der Waals surface area contributed by atoms with Gasteiger partial charge in [-0.25, -0.2) is 14.4 Å². The molecule has 26 heavy (non-hydrogen) atoms. The van der Waals surface area contributed by atoms with Gasteiger partial charge in [0.2, 0.25) is 5.95 Å². The Kier molecular flexibility index (Phi) is 4.14. The molecule has 0 amide bonds. The molecule has 3 heterocycles. The van der Waals surface area contributed by atoms with E-state index in [9.17, 15) is 9.18 Å². The molecule has 1 aliphatic carbocycles. The SMILES string of the molecule is CN(C)c1nc2c(c(=O)[nH]1)CCC21CCCN(c2ncc(Cl)cc2F)C1. The summed E-state index contributed by atoms with van der Waals surface area (Å²) in [6.07, 6.45) is 4.86. The van der Waals surface area contributed by atoms with Crippen LogP contribution in [0.25, 0.3) is 0 Å². The first-order chi connectivity index (χ1) is 12.4. The zero-order valence-corrected chi connectivity index (χ0v) is 15.6. The molecular weight excluding hydrogens is 357 g/mol. The maximum atomic E-state index is 14.4. The largest absolute Gasteiger partial charge is 0.353 e. The number of fused-ring (bicyclic) bond motifs is 2. The van der Waals surface area contributed by atoms with Crippen molar-refractivity contribution in [1.29, 1.82) is 0 Å². The molecule has 0 aromatic carbocycles. The summed E-state index contributed by atoms with van der Waals surface area (Å²) >= 11 is 5.83.